The van der Waals surface area contributed by atoms with Crippen molar-refractivity contribution in [1.29, 1.82) is 0 Å². The number of hydrogen-bond acceptors (Lipinski definition) is 2. The van der Waals surface area contributed by atoms with Gasteiger partial charge in [-0.3, -0.25) is 4.90 Å². The minimum atomic E-state index is -4.36. The van der Waals surface area contributed by atoms with E-state index in [0.717, 1.165) is 19.6 Å². The van der Waals surface area contributed by atoms with Crippen molar-refractivity contribution in [3.8, 4) is 0 Å². The van der Waals surface area contributed by atoms with Gasteiger partial charge in [-0.05, 0) is 17.7 Å². The Morgan fingerprint density at radius 3 is 2.17 bits per heavy atom. The molecule has 1 fully saturated rings. The highest BCUT2D eigenvalue weighted by atomic mass is 79.9. The van der Waals surface area contributed by atoms with Crippen molar-refractivity contribution in [2.45, 2.75) is 12.7 Å². The Labute approximate surface area is 148 Å². The fraction of sp³-hybridized carbons (Fsp3) is 0.333. The lowest BCUT2D eigenvalue weighted by Gasteiger charge is -2.37. The molecule has 0 aromatic heterocycles. The van der Waals surface area contributed by atoms with E-state index in [4.69, 9.17) is 0 Å². The SMILES string of the molecule is FC(F)(F)c1c(Br)cccc1N1CCN(Cc2ccccc2)CC1. The molecule has 0 radical (unpaired) electrons. The van der Waals surface area contributed by atoms with Crippen molar-refractivity contribution in [1.82, 2.24) is 4.90 Å². The summed E-state index contributed by atoms with van der Waals surface area (Å²) in [6, 6.07) is 14.8. The van der Waals surface area contributed by atoms with Crippen LogP contribution < -0.4 is 4.90 Å². The van der Waals surface area contributed by atoms with Gasteiger partial charge in [0.25, 0.3) is 0 Å². The van der Waals surface area contributed by atoms with Gasteiger partial charge in [-0.15, -0.1) is 0 Å². The molecule has 2 aromatic carbocycles. The number of piperazine rings is 1. The molecule has 0 N–H and O–H groups in total. The summed E-state index contributed by atoms with van der Waals surface area (Å²) in [5.41, 5.74) is 0.905. The van der Waals surface area contributed by atoms with Gasteiger partial charge in [0.05, 0.1) is 11.3 Å². The molecule has 2 nitrogen and oxygen atoms in total. The van der Waals surface area contributed by atoms with Gasteiger partial charge < -0.3 is 4.90 Å². The normalized spacial score (nSPS) is 16.4. The lowest BCUT2D eigenvalue weighted by molar-refractivity contribution is -0.137. The van der Waals surface area contributed by atoms with Crippen molar-refractivity contribution >= 4 is 21.6 Å². The Morgan fingerprint density at radius 2 is 1.54 bits per heavy atom. The van der Waals surface area contributed by atoms with Gasteiger partial charge in [0.1, 0.15) is 0 Å². The van der Waals surface area contributed by atoms with E-state index in [1.54, 1.807) is 12.1 Å². The molecule has 3 rings (SSSR count). The fourth-order valence-corrected chi connectivity index (χ4v) is 3.63. The van der Waals surface area contributed by atoms with Crippen LogP contribution >= 0.6 is 15.9 Å². The van der Waals surface area contributed by atoms with Crippen molar-refractivity contribution < 1.29 is 13.2 Å². The van der Waals surface area contributed by atoms with E-state index in [1.165, 1.54) is 11.6 Å². The second-order valence-electron chi connectivity index (χ2n) is 5.88. The largest absolute Gasteiger partial charge is 0.419 e. The zero-order chi connectivity index (χ0) is 17.2. The molecule has 2 aromatic rings. The van der Waals surface area contributed by atoms with E-state index >= 15 is 0 Å². The molecule has 1 aliphatic rings. The van der Waals surface area contributed by atoms with Crippen LogP contribution in [0.15, 0.2) is 53.0 Å². The van der Waals surface area contributed by atoms with Crippen LogP contribution in [-0.2, 0) is 12.7 Å². The Kier molecular flexibility index (Phi) is 5.15. The van der Waals surface area contributed by atoms with Gasteiger partial charge in [0.15, 0.2) is 0 Å². The first-order valence-electron chi connectivity index (χ1n) is 7.82. The smallest absolute Gasteiger partial charge is 0.368 e. The highest BCUT2D eigenvalue weighted by Gasteiger charge is 2.37. The molecule has 0 amide bonds. The van der Waals surface area contributed by atoms with Crippen molar-refractivity contribution in [2.75, 3.05) is 31.1 Å². The van der Waals surface area contributed by atoms with Gasteiger partial charge in [-0.1, -0.05) is 52.3 Å². The number of benzene rings is 2. The lowest BCUT2D eigenvalue weighted by Crippen LogP contribution is -2.46. The van der Waals surface area contributed by atoms with Crippen LogP contribution in [0.5, 0.6) is 0 Å². The van der Waals surface area contributed by atoms with Gasteiger partial charge in [-0.25, -0.2) is 0 Å². The standard InChI is InChI=1S/C18H18BrF3N2/c19-15-7-4-8-16(17(15)18(20,21)22)24-11-9-23(10-12-24)13-14-5-2-1-3-6-14/h1-8H,9-13H2. The molecular formula is C18H18BrF3N2. The first-order valence-corrected chi connectivity index (χ1v) is 8.61. The maximum Gasteiger partial charge on any atom is 0.419 e. The van der Waals surface area contributed by atoms with Crippen LogP contribution in [0.4, 0.5) is 18.9 Å². The van der Waals surface area contributed by atoms with Crippen LogP contribution in [0.3, 0.4) is 0 Å². The third-order valence-corrected chi connectivity index (χ3v) is 4.90. The lowest BCUT2D eigenvalue weighted by atomic mass is 10.1. The van der Waals surface area contributed by atoms with E-state index in [9.17, 15) is 13.2 Å². The van der Waals surface area contributed by atoms with Gasteiger partial charge in [-0.2, -0.15) is 13.2 Å². The fourth-order valence-electron chi connectivity index (χ4n) is 3.05. The molecule has 0 spiro atoms. The zero-order valence-electron chi connectivity index (χ0n) is 13.1. The summed E-state index contributed by atoms with van der Waals surface area (Å²) in [6.45, 7) is 3.51. The number of nitrogens with zero attached hydrogens (tertiary/aromatic N) is 2. The molecule has 1 heterocycles. The minimum absolute atomic E-state index is 0.0965. The Bertz CT molecular complexity index is 680. The van der Waals surface area contributed by atoms with E-state index in [1.807, 2.05) is 23.1 Å². The third-order valence-electron chi connectivity index (χ3n) is 4.24. The van der Waals surface area contributed by atoms with Gasteiger partial charge in [0.2, 0.25) is 0 Å². The molecule has 24 heavy (non-hydrogen) atoms. The second-order valence-corrected chi connectivity index (χ2v) is 6.73. The summed E-state index contributed by atoms with van der Waals surface area (Å²) in [5.74, 6) is 0. The van der Waals surface area contributed by atoms with Crippen LogP contribution in [0.25, 0.3) is 0 Å². The van der Waals surface area contributed by atoms with Crippen LogP contribution in [0, 0.1) is 0 Å². The van der Waals surface area contributed by atoms with E-state index in [0.29, 0.717) is 13.1 Å². The maximum absolute atomic E-state index is 13.4. The summed E-state index contributed by atoms with van der Waals surface area (Å²) < 4.78 is 40.2. The van der Waals surface area contributed by atoms with Crippen molar-refractivity contribution in [3.63, 3.8) is 0 Å². The van der Waals surface area contributed by atoms with Crippen molar-refractivity contribution in [3.05, 3.63) is 64.1 Å². The predicted molar refractivity (Wildman–Crippen MR) is 93.1 cm³/mol. The average Bonchev–Trinajstić information content (AvgIpc) is 2.55. The Morgan fingerprint density at radius 1 is 0.875 bits per heavy atom. The molecular weight excluding hydrogens is 381 g/mol. The van der Waals surface area contributed by atoms with Crippen molar-refractivity contribution in [2.24, 2.45) is 0 Å². The average molecular weight is 399 g/mol. The first-order chi connectivity index (χ1) is 11.4. The molecule has 0 bridgehead atoms. The van der Waals surface area contributed by atoms with E-state index in [2.05, 4.69) is 33.0 Å². The number of rotatable bonds is 3. The molecule has 1 saturated heterocycles. The molecule has 128 valence electrons. The number of alkyl halides is 3. The molecule has 0 atom stereocenters. The number of halogens is 4. The molecule has 0 saturated carbocycles. The van der Waals surface area contributed by atoms with E-state index < -0.39 is 11.7 Å². The number of anilines is 1. The minimum Gasteiger partial charge on any atom is -0.368 e. The Balaban J connectivity index is 1.70. The maximum atomic E-state index is 13.4. The topological polar surface area (TPSA) is 6.48 Å². The van der Waals surface area contributed by atoms with Crippen LogP contribution in [0.1, 0.15) is 11.1 Å². The van der Waals surface area contributed by atoms with Gasteiger partial charge >= 0.3 is 6.18 Å². The third kappa shape index (κ3) is 3.92. The highest BCUT2D eigenvalue weighted by Crippen LogP contribution is 2.41. The summed E-state index contributed by atoms with van der Waals surface area (Å²) in [6.07, 6.45) is -4.36. The summed E-state index contributed by atoms with van der Waals surface area (Å²) in [5, 5.41) is 0. The van der Waals surface area contributed by atoms with E-state index in [-0.39, 0.29) is 10.2 Å². The Hall–Kier alpha value is -1.53. The number of hydrogen-bond donors (Lipinski definition) is 0. The van der Waals surface area contributed by atoms with Crippen LogP contribution in [0.2, 0.25) is 0 Å². The first kappa shape index (κ1) is 17.3. The second kappa shape index (κ2) is 7.15. The molecule has 1 aliphatic heterocycles. The van der Waals surface area contributed by atoms with Gasteiger partial charge in [0, 0.05) is 37.2 Å². The molecule has 6 heteroatoms. The highest BCUT2D eigenvalue weighted by molar-refractivity contribution is 9.10. The molecule has 0 unspecified atom stereocenters. The summed E-state index contributed by atoms with van der Waals surface area (Å²) >= 11 is 3.05. The molecule has 0 aliphatic carbocycles. The zero-order valence-corrected chi connectivity index (χ0v) is 14.6. The summed E-state index contributed by atoms with van der Waals surface area (Å²) in [7, 11) is 0. The van der Waals surface area contributed by atoms with Crippen LogP contribution in [-0.4, -0.2) is 31.1 Å². The monoisotopic (exact) mass is 398 g/mol. The predicted octanol–water partition coefficient (Wildman–Crippen LogP) is 4.79. The quantitative estimate of drug-likeness (QED) is 0.733. The summed E-state index contributed by atoms with van der Waals surface area (Å²) in [4.78, 5) is 4.10.